The van der Waals surface area contributed by atoms with Gasteiger partial charge in [-0.3, -0.25) is 4.79 Å². The molecule has 2 rings (SSSR count). The highest BCUT2D eigenvalue weighted by Gasteiger charge is 2.21. The van der Waals surface area contributed by atoms with Crippen molar-refractivity contribution in [1.29, 1.82) is 0 Å². The number of carbonyl (C=O) groups excluding carboxylic acids is 1. The highest BCUT2D eigenvalue weighted by molar-refractivity contribution is 9.10. The Morgan fingerprint density at radius 3 is 2.55 bits per heavy atom. The SMILES string of the molecule is C[C@H](SC(=S)N1CCCC1)C(=O)Nc1ccc(Br)cc1. The number of rotatable bonds is 3. The van der Waals surface area contributed by atoms with Crippen LogP contribution < -0.4 is 5.32 Å². The molecule has 1 aliphatic rings. The van der Waals surface area contributed by atoms with Crippen LogP contribution in [0.25, 0.3) is 0 Å². The quantitative estimate of drug-likeness (QED) is 0.815. The predicted octanol–water partition coefficient (Wildman–Crippen LogP) is 3.89. The van der Waals surface area contributed by atoms with E-state index in [4.69, 9.17) is 12.2 Å². The molecule has 1 saturated heterocycles. The maximum absolute atomic E-state index is 12.1. The molecule has 108 valence electrons. The van der Waals surface area contributed by atoms with Crippen molar-refractivity contribution in [3.63, 3.8) is 0 Å². The molecule has 0 unspecified atom stereocenters. The van der Waals surface area contributed by atoms with Gasteiger partial charge in [0.1, 0.15) is 4.32 Å². The fourth-order valence-electron chi connectivity index (χ4n) is 1.96. The Morgan fingerprint density at radius 1 is 1.35 bits per heavy atom. The molecule has 0 bridgehead atoms. The lowest BCUT2D eigenvalue weighted by Gasteiger charge is -2.20. The summed E-state index contributed by atoms with van der Waals surface area (Å²) in [5.41, 5.74) is 0.803. The summed E-state index contributed by atoms with van der Waals surface area (Å²) in [6.07, 6.45) is 2.39. The molecule has 1 aliphatic heterocycles. The average molecular weight is 373 g/mol. The summed E-state index contributed by atoms with van der Waals surface area (Å²) in [6, 6.07) is 7.56. The smallest absolute Gasteiger partial charge is 0.237 e. The first-order chi connectivity index (χ1) is 9.56. The lowest BCUT2D eigenvalue weighted by molar-refractivity contribution is -0.115. The van der Waals surface area contributed by atoms with Gasteiger partial charge in [0.2, 0.25) is 5.91 Å². The zero-order chi connectivity index (χ0) is 14.5. The van der Waals surface area contributed by atoms with Gasteiger partial charge in [-0.2, -0.15) is 0 Å². The van der Waals surface area contributed by atoms with Gasteiger partial charge in [-0.05, 0) is 44.0 Å². The first kappa shape index (κ1) is 15.8. The van der Waals surface area contributed by atoms with E-state index >= 15 is 0 Å². The highest BCUT2D eigenvalue weighted by atomic mass is 79.9. The Bertz CT molecular complexity index is 486. The summed E-state index contributed by atoms with van der Waals surface area (Å²) in [4.78, 5) is 14.3. The summed E-state index contributed by atoms with van der Waals surface area (Å²) in [7, 11) is 0. The molecule has 1 aromatic rings. The molecule has 0 aliphatic carbocycles. The normalized spacial score (nSPS) is 16.0. The first-order valence-electron chi connectivity index (χ1n) is 6.58. The maximum Gasteiger partial charge on any atom is 0.237 e. The van der Waals surface area contributed by atoms with Crippen molar-refractivity contribution in [2.75, 3.05) is 18.4 Å². The van der Waals surface area contributed by atoms with Crippen molar-refractivity contribution in [2.45, 2.75) is 25.0 Å². The number of likely N-dealkylation sites (tertiary alicyclic amines) is 1. The molecule has 1 amide bonds. The molecular weight excluding hydrogens is 356 g/mol. The van der Waals surface area contributed by atoms with E-state index in [0.29, 0.717) is 0 Å². The molecule has 1 aromatic carbocycles. The third kappa shape index (κ3) is 4.46. The molecule has 20 heavy (non-hydrogen) atoms. The lowest BCUT2D eigenvalue weighted by atomic mass is 10.3. The number of carbonyl (C=O) groups is 1. The van der Waals surface area contributed by atoms with Crippen molar-refractivity contribution in [3.8, 4) is 0 Å². The van der Waals surface area contributed by atoms with E-state index in [1.807, 2.05) is 31.2 Å². The van der Waals surface area contributed by atoms with E-state index in [9.17, 15) is 4.79 Å². The Kier molecular flexibility index (Phi) is 5.86. The largest absolute Gasteiger partial charge is 0.358 e. The van der Waals surface area contributed by atoms with Crippen LogP contribution in [-0.2, 0) is 4.79 Å². The Labute approximate surface area is 137 Å². The van der Waals surface area contributed by atoms with Crippen molar-refractivity contribution in [1.82, 2.24) is 4.90 Å². The summed E-state index contributed by atoms with van der Waals surface area (Å²) in [6.45, 7) is 3.93. The maximum atomic E-state index is 12.1. The summed E-state index contributed by atoms with van der Waals surface area (Å²) < 4.78 is 1.83. The van der Waals surface area contributed by atoms with E-state index in [0.717, 1.165) is 27.6 Å². The van der Waals surface area contributed by atoms with Crippen molar-refractivity contribution in [2.24, 2.45) is 0 Å². The van der Waals surface area contributed by atoms with Crippen LogP contribution in [0.2, 0.25) is 0 Å². The molecule has 0 spiro atoms. The Morgan fingerprint density at radius 2 is 1.95 bits per heavy atom. The van der Waals surface area contributed by atoms with Crippen molar-refractivity contribution < 1.29 is 4.79 Å². The number of benzene rings is 1. The number of hydrogen-bond acceptors (Lipinski definition) is 3. The summed E-state index contributed by atoms with van der Waals surface area (Å²) in [5.74, 6) is -0.0149. The van der Waals surface area contributed by atoms with Crippen LogP contribution >= 0.6 is 39.9 Å². The van der Waals surface area contributed by atoms with Gasteiger partial charge in [0.05, 0.1) is 5.25 Å². The molecule has 0 radical (unpaired) electrons. The molecule has 3 nitrogen and oxygen atoms in total. The standard InChI is InChI=1S/C14H17BrN2OS2/c1-10(20-14(19)17-8-2-3-9-17)13(18)16-12-6-4-11(15)5-7-12/h4-7,10H,2-3,8-9H2,1H3,(H,16,18)/t10-/m0/s1. The van der Waals surface area contributed by atoms with E-state index < -0.39 is 0 Å². The highest BCUT2D eigenvalue weighted by Crippen LogP contribution is 2.22. The van der Waals surface area contributed by atoms with Crippen LogP contribution in [0.15, 0.2) is 28.7 Å². The zero-order valence-electron chi connectivity index (χ0n) is 11.3. The molecule has 0 saturated carbocycles. The summed E-state index contributed by atoms with van der Waals surface area (Å²) in [5, 5.41) is 2.72. The zero-order valence-corrected chi connectivity index (χ0v) is 14.5. The molecule has 1 atom stereocenters. The van der Waals surface area contributed by atoms with Gasteiger partial charge in [0, 0.05) is 23.2 Å². The van der Waals surface area contributed by atoms with Gasteiger partial charge in [0.15, 0.2) is 0 Å². The fraction of sp³-hybridized carbons (Fsp3) is 0.429. The first-order valence-corrected chi connectivity index (χ1v) is 8.66. The molecule has 6 heteroatoms. The number of anilines is 1. The Hall–Kier alpha value is -0.590. The van der Waals surface area contributed by atoms with Crippen LogP contribution in [0.1, 0.15) is 19.8 Å². The van der Waals surface area contributed by atoms with E-state index in [-0.39, 0.29) is 11.2 Å². The van der Waals surface area contributed by atoms with Gasteiger partial charge < -0.3 is 10.2 Å². The van der Waals surface area contributed by atoms with Gasteiger partial charge in [-0.15, -0.1) is 0 Å². The van der Waals surface area contributed by atoms with Crippen LogP contribution in [0.3, 0.4) is 0 Å². The van der Waals surface area contributed by atoms with Crippen molar-refractivity contribution >= 4 is 55.8 Å². The van der Waals surface area contributed by atoms with Gasteiger partial charge in [-0.1, -0.05) is 39.9 Å². The number of thioether (sulfide) groups is 1. The fourth-order valence-corrected chi connectivity index (χ4v) is 3.64. The Balaban J connectivity index is 1.85. The van der Waals surface area contributed by atoms with Gasteiger partial charge in [-0.25, -0.2) is 0 Å². The van der Waals surface area contributed by atoms with E-state index in [1.54, 1.807) is 0 Å². The topological polar surface area (TPSA) is 32.3 Å². The molecule has 1 fully saturated rings. The number of thiocarbonyl (C=S) groups is 1. The third-order valence-electron chi connectivity index (χ3n) is 3.12. The second kappa shape index (κ2) is 7.43. The van der Waals surface area contributed by atoms with Crippen LogP contribution in [-0.4, -0.2) is 33.5 Å². The van der Waals surface area contributed by atoms with Gasteiger partial charge in [0.25, 0.3) is 0 Å². The second-order valence-electron chi connectivity index (χ2n) is 4.72. The molecular formula is C14H17BrN2OS2. The van der Waals surface area contributed by atoms with Crippen LogP contribution in [0.4, 0.5) is 5.69 Å². The summed E-state index contributed by atoms with van der Waals surface area (Å²) >= 11 is 10.2. The number of nitrogens with one attached hydrogen (secondary N) is 1. The number of nitrogens with zero attached hydrogens (tertiary/aromatic N) is 1. The minimum atomic E-state index is -0.188. The number of hydrogen-bond donors (Lipinski definition) is 1. The third-order valence-corrected chi connectivity index (χ3v) is 5.23. The molecule has 0 aromatic heterocycles. The molecule has 1 N–H and O–H groups in total. The predicted molar refractivity (Wildman–Crippen MR) is 93.2 cm³/mol. The second-order valence-corrected chi connectivity index (χ2v) is 7.61. The molecule has 1 heterocycles. The number of halogens is 1. The minimum Gasteiger partial charge on any atom is -0.358 e. The van der Waals surface area contributed by atoms with Crippen LogP contribution in [0.5, 0.6) is 0 Å². The van der Waals surface area contributed by atoms with Gasteiger partial charge >= 0.3 is 0 Å². The van der Waals surface area contributed by atoms with E-state index in [2.05, 4.69) is 26.1 Å². The average Bonchev–Trinajstić information content (AvgIpc) is 2.95. The van der Waals surface area contributed by atoms with Crippen molar-refractivity contribution in [3.05, 3.63) is 28.7 Å². The van der Waals surface area contributed by atoms with Crippen LogP contribution in [0, 0.1) is 0 Å². The monoisotopic (exact) mass is 372 g/mol. The lowest BCUT2D eigenvalue weighted by Crippen LogP contribution is -2.29. The minimum absolute atomic E-state index is 0.0149. The number of amides is 1. The van der Waals surface area contributed by atoms with E-state index in [1.165, 1.54) is 24.6 Å².